The first-order valence-corrected chi connectivity index (χ1v) is 12.8. The van der Waals surface area contributed by atoms with Gasteiger partial charge in [-0.05, 0) is 83.9 Å². The fourth-order valence-corrected chi connectivity index (χ4v) is 3.81. The topological polar surface area (TPSA) is 87.7 Å². The number of unbranched alkanes of at least 4 members (excludes halogenated alkanes) is 1. The van der Waals surface area contributed by atoms with Crippen LogP contribution in [0.3, 0.4) is 0 Å². The minimum atomic E-state index is -0.803. The van der Waals surface area contributed by atoms with Crippen molar-refractivity contribution in [2.75, 3.05) is 6.54 Å². The van der Waals surface area contributed by atoms with Gasteiger partial charge in [-0.2, -0.15) is 0 Å². The number of nitrogens with one attached hydrogen (secondary N) is 2. The molecule has 2 N–H and O–H groups in total. The van der Waals surface area contributed by atoms with Gasteiger partial charge >= 0.3 is 6.09 Å². The zero-order valence-electron chi connectivity index (χ0n) is 23.5. The van der Waals surface area contributed by atoms with Crippen molar-refractivity contribution in [1.29, 1.82) is 0 Å². The molecule has 3 amide bonds. The van der Waals surface area contributed by atoms with Gasteiger partial charge in [0, 0.05) is 12.6 Å². The number of rotatable bonds is 11. The van der Waals surface area contributed by atoms with Crippen LogP contribution in [0.25, 0.3) is 0 Å². The van der Waals surface area contributed by atoms with E-state index < -0.39 is 23.8 Å². The number of alkyl carbamates (subject to hydrolysis) is 1. The second-order valence-corrected chi connectivity index (χ2v) is 11.1. The summed E-state index contributed by atoms with van der Waals surface area (Å²) in [4.78, 5) is 41.8. The van der Waals surface area contributed by atoms with Crippen molar-refractivity contribution in [3.63, 3.8) is 0 Å². The summed E-state index contributed by atoms with van der Waals surface area (Å²) in [5.41, 5.74) is 2.25. The van der Waals surface area contributed by atoms with Gasteiger partial charge in [-0.25, -0.2) is 4.79 Å². The quantitative estimate of drug-likeness (QED) is 0.433. The predicted molar refractivity (Wildman–Crippen MR) is 141 cm³/mol. The van der Waals surface area contributed by atoms with Crippen molar-refractivity contribution in [2.45, 2.75) is 112 Å². The van der Waals surface area contributed by atoms with Crippen LogP contribution in [0.15, 0.2) is 18.2 Å². The van der Waals surface area contributed by atoms with Gasteiger partial charge in [-0.15, -0.1) is 0 Å². The molecule has 0 aliphatic rings. The minimum Gasteiger partial charge on any atom is -0.444 e. The highest BCUT2D eigenvalue weighted by atomic mass is 16.6. The molecular formula is C28H47N3O4. The van der Waals surface area contributed by atoms with Crippen molar-refractivity contribution in [2.24, 2.45) is 5.92 Å². The van der Waals surface area contributed by atoms with Crippen molar-refractivity contribution in [3.8, 4) is 0 Å². The smallest absolute Gasteiger partial charge is 0.408 e. The average Bonchev–Trinajstić information content (AvgIpc) is 2.70. The molecule has 0 spiro atoms. The van der Waals surface area contributed by atoms with Gasteiger partial charge in [-0.1, -0.05) is 45.4 Å². The van der Waals surface area contributed by atoms with Crippen LogP contribution in [0, 0.1) is 19.8 Å². The van der Waals surface area contributed by atoms with E-state index in [2.05, 4.69) is 10.6 Å². The van der Waals surface area contributed by atoms with E-state index in [9.17, 15) is 14.4 Å². The number of benzene rings is 1. The first-order valence-electron chi connectivity index (χ1n) is 12.8. The number of carbonyl (C=O) groups excluding carboxylic acids is 3. The first-order chi connectivity index (χ1) is 16.2. The molecule has 0 bridgehead atoms. The average molecular weight is 490 g/mol. The number of hydrogen-bond donors (Lipinski definition) is 2. The number of hydrogen-bond acceptors (Lipinski definition) is 4. The maximum absolute atomic E-state index is 14.0. The van der Waals surface area contributed by atoms with E-state index in [0.717, 1.165) is 29.5 Å². The third-order valence-electron chi connectivity index (χ3n) is 5.57. The third-order valence-corrected chi connectivity index (χ3v) is 5.57. The Hall–Kier alpha value is -2.57. The van der Waals surface area contributed by atoms with E-state index in [4.69, 9.17) is 4.74 Å². The molecule has 35 heavy (non-hydrogen) atoms. The fraction of sp³-hybridized carbons (Fsp3) is 0.679. The molecule has 0 fully saturated rings. The Balaban J connectivity index is 3.50. The summed E-state index contributed by atoms with van der Waals surface area (Å²) >= 11 is 0. The predicted octanol–water partition coefficient (Wildman–Crippen LogP) is 5.44. The second kappa shape index (κ2) is 13.5. The van der Waals surface area contributed by atoms with Crippen LogP contribution in [-0.4, -0.2) is 47.0 Å². The van der Waals surface area contributed by atoms with E-state index in [1.54, 1.807) is 25.7 Å². The molecule has 0 aromatic heterocycles. The molecule has 0 saturated carbocycles. The van der Waals surface area contributed by atoms with Gasteiger partial charge in [0.1, 0.15) is 17.7 Å². The number of nitrogens with zero attached hydrogens (tertiary/aromatic N) is 1. The fourth-order valence-electron chi connectivity index (χ4n) is 3.81. The molecule has 1 rings (SSSR count). The van der Waals surface area contributed by atoms with Crippen molar-refractivity contribution < 1.29 is 19.1 Å². The highest BCUT2D eigenvalue weighted by Gasteiger charge is 2.36. The van der Waals surface area contributed by atoms with Crippen LogP contribution in [0.1, 0.15) is 97.4 Å². The first kappa shape index (κ1) is 30.5. The number of amides is 3. The van der Waals surface area contributed by atoms with Gasteiger partial charge < -0.3 is 20.3 Å². The third kappa shape index (κ3) is 10.3. The van der Waals surface area contributed by atoms with Gasteiger partial charge in [0.15, 0.2) is 0 Å². The molecule has 2 unspecified atom stereocenters. The van der Waals surface area contributed by atoms with E-state index in [-0.39, 0.29) is 23.8 Å². The molecule has 7 heteroatoms. The zero-order chi connectivity index (χ0) is 26.9. The standard InChI is InChI=1S/C28H47N3O4/c1-11-12-15-31(26(33)23(16-18(2)3)30-27(34)35-28(8,9)10)24(25(32)29-19(4)5)22-14-13-20(6)21(7)17-22/h13-14,17-19,23-24H,11-12,15-16H2,1-10H3,(H,29,32)(H,30,34). The normalized spacial score (nSPS) is 13.4. The molecule has 0 radical (unpaired) electrons. The lowest BCUT2D eigenvalue weighted by molar-refractivity contribution is -0.143. The SMILES string of the molecule is CCCCN(C(=O)C(CC(C)C)NC(=O)OC(C)(C)C)C(C(=O)NC(C)C)c1ccc(C)c(C)c1. The molecule has 2 atom stereocenters. The highest BCUT2D eigenvalue weighted by molar-refractivity contribution is 5.92. The van der Waals surface area contributed by atoms with Gasteiger partial charge in [0.2, 0.25) is 11.8 Å². The van der Waals surface area contributed by atoms with Crippen LogP contribution >= 0.6 is 0 Å². The summed E-state index contributed by atoms with van der Waals surface area (Å²) in [6, 6.07) is 4.19. The van der Waals surface area contributed by atoms with Crippen molar-refractivity contribution in [3.05, 3.63) is 34.9 Å². The van der Waals surface area contributed by atoms with Crippen LogP contribution in [-0.2, 0) is 14.3 Å². The minimum absolute atomic E-state index is 0.0778. The Morgan fingerprint density at radius 1 is 1.00 bits per heavy atom. The monoisotopic (exact) mass is 489 g/mol. The van der Waals surface area contributed by atoms with Crippen molar-refractivity contribution in [1.82, 2.24) is 15.5 Å². The summed E-state index contributed by atoms with van der Waals surface area (Å²) in [7, 11) is 0. The number of carbonyl (C=O) groups is 3. The van der Waals surface area contributed by atoms with Crippen LogP contribution in [0.2, 0.25) is 0 Å². The molecule has 1 aromatic carbocycles. The Morgan fingerprint density at radius 3 is 2.11 bits per heavy atom. The highest BCUT2D eigenvalue weighted by Crippen LogP contribution is 2.26. The lowest BCUT2D eigenvalue weighted by atomic mass is 9.96. The molecule has 0 aliphatic carbocycles. The van der Waals surface area contributed by atoms with E-state index in [0.29, 0.717) is 13.0 Å². The van der Waals surface area contributed by atoms with Gasteiger partial charge in [0.05, 0.1) is 0 Å². The maximum atomic E-state index is 14.0. The van der Waals surface area contributed by atoms with E-state index in [1.807, 2.05) is 66.7 Å². The van der Waals surface area contributed by atoms with E-state index in [1.165, 1.54) is 0 Å². The summed E-state index contributed by atoms with van der Waals surface area (Å²) in [5.74, 6) is -0.357. The second-order valence-electron chi connectivity index (χ2n) is 11.1. The molecule has 7 nitrogen and oxygen atoms in total. The van der Waals surface area contributed by atoms with Gasteiger partial charge in [0.25, 0.3) is 0 Å². The molecule has 0 heterocycles. The Kier molecular flexibility index (Phi) is 11.7. The molecule has 0 saturated heterocycles. The Bertz CT molecular complexity index is 858. The Labute approximate surface area is 212 Å². The maximum Gasteiger partial charge on any atom is 0.408 e. The largest absolute Gasteiger partial charge is 0.444 e. The summed E-state index contributed by atoms with van der Waals surface area (Å²) < 4.78 is 5.43. The molecule has 198 valence electrons. The lowest BCUT2D eigenvalue weighted by Gasteiger charge is -2.35. The lowest BCUT2D eigenvalue weighted by Crippen LogP contribution is -2.54. The van der Waals surface area contributed by atoms with E-state index >= 15 is 0 Å². The number of ether oxygens (including phenoxy) is 1. The summed E-state index contributed by atoms with van der Waals surface area (Å²) in [6.07, 6.45) is 1.40. The number of aryl methyl sites for hydroxylation is 2. The Morgan fingerprint density at radius 2 is 1.63 bits per heavy atom. The van der Waals surface area contributed by atoms with Crippen LogP contribution in [0.5, 0.6) is 0 Å². The van der Waals surface area contributed by atoms with Gasteiger partial charge in [-0.3, -0.25) is 9.59 Å². The molecule has 0 aliphatic heterocycles. The van der Waals surface area contributed by atoms with Crippen LogP contribution < -0.4 is 10.6 Å². The molecule has 1 aromatic rings. The van der Waals surface area contributed by atoms with Crippen molar-refractivity contribution >= 4 is 17.9 Å². The molecular weight excluding hydrogens is 442 g/mol. The van der Waals surface area contributed by atoms with Crippen LogP contribution in [0.4, 0.5) is 4.79 Å². The summed E-state index contributed by atoms with van der Waals surface area (Å²) in [5, 5.41) is 5.78. The summed E-state index contributed by atoms with van der Waals surface area (Å²) in [6.45, 7) is 19.6. The zero-order valence-corrected chi connectivity index (χ0v) is 23.5.